The van der Waals surface area contributed by atoms with Crippen LogP contribution in [0.1, 0.15) is 67.5 Å². The molecule has 2 aliphatic rings. The molecule has 2 aromatic carbocycles. The fraction of sp³-hybridized carbons (Fsp3) is 0.321. The van der Waals surface area contributed by atoms with Gasteiger partial charge in [0.2, 0.25) is 0 Å². The third kappa shape index (κ3) is 3.06. The van der Waals surface area contributed by atoms with Gasteiger partial charge in [-0.05, 0) is 69.2 Å². The number of ether oxygens (including phenoxy) is 1. The number of hydrogen-bond acceptors (Lipinski definition) is 4. The Kier molecular flexibility index (Phi) is 4.21. The van der Waals surface area contributed by atoms with Crippen LogP contribution in [0.3, 0.4) is 0 Å². The number of carboxylic acids is 1. The van der Waals surface area contributed by atoms with Gasteiger partial charge in [0.1, 0.15) is 0 Å². The molecule has 2 aromatic heterocycles. The zero-order chi connectivity index (χ0) is 23.1. The SMILES string of the molecule is Cc1nc2ccccc2c(-c2ccc3c4c(ccnc24)[C@H]2C[C@@H]32)c1[C@H](OC(C)(C)C)C(=O)O. The van der Waals surface area contributed by atoms with Crippen LogP contribution in [0.4, 0.5) is 0 Å². The van der Waals surface area contributed by atoms with Crippen molar-refractivity contribution in [2.75, 3.05) is 0 Å². The molecule has 0 aliphatic heterocycles. The summed E-state index contributed by atoms with van der Waals surface area (Å²) in [5, 5.41) is 12.4. The number of carbonyl (C=O) groups is 1. The first-order valence-electron chi connectivity index (χ1n) is 11.5. The summed E-state index contributed by atoms with van der Waals surface area (Å²) in [6.45, 7) is 7.49. The monoisotopic (exact) mass is 438 g/mol. The Labute approximate surface area is 192 Å². The van der Waals surface area contributed by atoms with Crippen molar-refractivity contribution >= 4 is 27.8 Å². The second kappa shape index (κ2) is 6.84. The smallest absolute Gasteiger partial charge is 0.337 e. The number of nitrogens with zero attached hydrogens (tertiary/aromatic N) is 2. The van der Waals surface area contributed by atoms with Crippen molar-refractivity contribution in [3.05, 3.63) is 71.0 Å². The maximum absolute atomic E-state index is 12.5. The predicted octanol–water partition coefficient (Wildman–Crippen LogP) is 6.28. The van der Waals surface area contributed by atoms with E-state index in [4.69, 9.17) is 14.7 Å². The third-order valence-electron chi connectivity index (χ3n) is 6.89. The van der Waals surface area contributed by atoms with Crippen molar-refractivity contribution in [2.24, 2.45) is 0 Å². The van der Waals surface area contributed by atoms with Crippen LogP contribution in [0.25, 0.3) is 32.9 Å². The standard InChI is InChI=1S/C28H26N2O3/c1-14-22(26(27(31)32)33-28(2,3)4)23(17-7-5-6-8-21(17)30-14)18-10-9-15-19-13-20(19)16-11-12-29-25(18)24(15)16/h5-12,19-20,26H,13H2,1-4H3,(H,31,32)/t19-,20+,26-/m0/s1. The molecule has 166 valence electrons. The Bertz CT molecular complexity index is 1450. The van der Waals surface area contributed by atoms with Crippen molar-refractivity contribution in [1.82, 2.24) is 9.97 Å². The van der Waals surface area contributed by atoms with Crippen LogP contribution in [0.5, 0.6) is 0 Å². The van der Waals surface area contributed by atoms with E-state index >= 15 is 0 Å². The number of carboxylic acid groups (broad SMARTS) is 1. The molecule has 1 fully saturated rings. The van der Waals surface area contributed by atoms with E-state index in [2.05, 4.69) is 18.2 Å². The summed E-state index contributed by atoms with van der Waals surface area (Å²) in [5.74, 6) is 0.186. The van der Waals surface area contributed by atoms with E-state index in [-0.39, 0.29) is 0 Å². The molecule has 0 amide bonds. The molecule has 3 atom stereocenters. The van der Waals surface area contributed by atoms with Gasteiger partial charge in [-0.2, -0.15) is 0 Å². The van der Waals surface area contributed by atoms with E-state index in [0.717, 1.165) is 27.5 Å². The van der Waals surface area contributed by atoms with Crippen LogP contribution in [0.2, 0.25) is 0 Å². The Morgan fingerprint density at radius 3 is 2.55 bits per heavy atom. The second-order valence-corrected chi connectivity index (χ2v) is 10.2. The first-order chi connectivity index (χ1) is 15.7. The second-order valence-electron chi connectivity index (χ2n) is 10.2. The first kappa shape index (κ1) is 20.3. The largest absolute Gasteiger partial charge is 0.479 e. The highest BCUT2D eigenvalue weighted by Crippen LogP contribution is 2.63. The molecule has 0 spiro atoms. The molecule has 0 radical (unpaired) electrons. The summed E-state index contributed by atoms with van der Waals surface area (Å²) in [7, 11) is 0. The number of rotatable bonds is 4. The van der Waals surface area contributed by atoms with E-state index in [1.807, 2.05) is 58.2 Å². The summed E-state index contributed by atoms with van der Waals surface area (Å²) >= 11 is 0. The number of fused-ring (bicyclic) bond motifs is 4. The number of hydrogen-bond donors (Lipinski definition) is 1. The third-order valence-corrected chi connectivity index (χ3v) is 6.89. The van der Waals surface area contributed by atoms with Gasteiger partial charge in [-0.25, -0.2) is 4.79 Å². The number of aliphatic carboxylic acids is 1. The van der Waals surface area contributed by atoms with Crippen molar-refractivity contribution in [2.45, 2.75) is 57.7 Å². The Hall–Kier alpha value is -3.31. The zero-order valence-corrected chi connectivity index (χ0v) is 19.2. The molecule has 1 saturated carbocycles. The lowest BCUT2D eigenvalue weighted by Crippen LogP contribution is -2.28. The minimum Gasteiger partial charge on any atom is -0.479 e. The van der Waals surface area contributed by atoms with Crippen LogP contribution in [0, 0.1) is 6.92 Å². The predicted molar refractivity (Wildman–Crippen MR) is 129 cm³/mol. The Balaban J connectivity index is 1.71. The van der Waals surface area contributed by atoms with Gasteiger partial charge in [-0.15, -0.1) is 0 Å². The van der Waals surface area contributed by atoms with Gasteiger partial charge in [0.05, 0.1) is 16.6 Å². The van der Waals surface area contributed by atoms with Crippen LogP contribution in [-0.4, -0.2) is 26.6 Å². The molecule has 33 heavy (non-hydrogen) atoms. The summed E-state index contributed by atoms with van der Waals surface area (Å²) in [6.07, 6.45) is 1.96. The lowest BCUT2D eigenvalue weighted by molar-refractivity contribution is -0.160. The van der Waals surface area contributed by atoms with Gasteiger partial charge in [0.15, 0.2) is 6.10 Å². The number of aromatic nitrogens is 2. The Morgan fingerprint density at radius 1 is 1.09 bits per heavy atom. The molecule has 4 aromatic rings. The number of aryl methyl sites for hydroxylation is 1. The van der Waals surface area contributed by atoms with Crippen LogP contribution in [0.15, 0.2) is 48.7 Å². The molecule has 5 nitrogen and oxygen atoms in total. The van der Waals surface area contributed by atoms with Crippen molar-refractivity contribution in [3.8, 4) is 11.1 Å². The van der Waals surface area contributed by atoms with Crippen LogP contribution < -0.4 is 0 Å². The lowest BCUT2D eigenvalue weighted by Gasteiger charge is -2.28. The van der Waals surface area contributed by atoms with E-state index < -0.39 is 17.7 Å². The molecule has 0 saturated heterocycles. The van der Waals surface area contributed by atoms with E-state index in [1.165, 1.54) is 22.9 Å². The number of benzene rings is 2. The maximum atomic E-state index is 12.5. The van der Waals surface area contributed by atoms with Crippen LogP contribution >= 0.6 is 0 Å². The average molecular weight is 439 g/mol. The molecule has 2 heterocycles. The molecule has 0 bridgehead atoms. The Morgan fingerprint density at radius 2 is 1.82 bits per heavy atom. The highest BCUT2D eigenvalue weighted by molar-refractivity contribution is 6.08. The number of pyridine rings is 2. The average Bonchev–Trinajstić information content (AvgIpc) is 3.49. The summed E-state index contributed by atoms with van der Waals surface area (Å²) in [5.41, 5.74) is 6.93. The first-order valence-corrected chi connectivity index (χ1v) is 11.5. The van der Waals surface area contributed by atoms with E-state index in [1.54, 1.807) is 0 Å². The van der Waals surface area contributed by atoms with Gasteiger partial charge < -0.3 is 9.84 Å². The quantitative estimate of drug-likeness (QED) is 0.406. The van der Waals surface area contributed by atoms with Crippen molar-refractivity contribution in [1.29, 1.82) is 0 Å². The highest BCUT2D eigenvalue weighted by Gasteiger charge is 2.47. The van der Waals surface area contributed by atoms with Gasteiger partial charge in [0, 0.05) is 39.4 Å². The van der Waals surface area contributed by atoms with Gasteiger partial charge in [-0.3, -0.25) is 9.97 Å². The van der Waals surface area contributed by atoms with Gasteiger partial charge >= 0.3 is 5.97 Å². The summed E-state index contributed by atoms with van der Waals surface area (Å²) in [4.78, 5) is 22.1. The molecule has 2 aliphatic carbocycles. The fourth-order valence-electron chi connectivity index (χ4n) is 5.57. The van der Waals surface area contributed by atoms with Crippen molar-refractivity contribution < 1.29 is 14.6 Å². The molecular formula is C28H26N2O3. The maximum Gasteiger partial charge on any atom is 0.337 e. The van der Waals surface area contributed by atoms with E-state index in [9.17, 15) is 9.90 Å². The zero-order valence-electron chi connectivity index (χ0n) is 19.2. The van der Waals surface area contributed by atoms with Gasteiger partial charge in [0.25, 0.3) is 0 Å². The molecule has 5 heteroatoms. The highest BCUT2D eigenvalue weighted by atomic mass is 16.5. The minimum absolute atomic E-state index is 0.599. The van der Waals surface area contributed by atoms with E-state index in [0.29, 0.717) is 23.1 Å². The summed E-state index contributed by atoms with van der Waals surface area (Å²) < 4.78 is 6.11. The molecule has 0 unspecified atom stereocenters. The molecular weight excluding hydrogens is 412 g/mol. The molecule has 6 rings (SSSR count). The topological polar surface area (TPSA) is 72.3 Å². The fourth-order valence-corrected chi connectivity index (χ4v) is 5.57. The van der Waals surface area contributed by atoms with Crippen molar-refractivity contribution in [3.63, 3.8) is 0 Å². The summed E-state index contributed by atoms with van der Waals surface area (Å²) in [6, 6.07) is 14.4. The normalized spacial score (nSPS) is 19.6. The van der Waals surface area contributed by atoms with Gasteiger partial charge in [-0.1, -0.05) is 30.3 Å². The minimum atomic E-state index is -1.14. The number of para-hydroxylation sites is 1. The van der Waals surface area contributed by atoms with Crippen LogP contribution in [-0.2, 0) is 9.53 Å². The molecule has 1 N–H and O–H groups in total. The lowest BCUT2D eigenvalue weighted by atomic mass is 9.88.